The summed E-state index contributed by atoms with van der Waals surface area (Å²) in [6, 6.07) is 16.4. The van der Waals surface area contributed by atoms with E-state index in [1.807, 2.05) is 31.2 Å². The maximum absolute atomic E-state index is 12.6. The van der Waals surface area contributed by atoms with Gasteiger partial charge in [0.25, 0.3) is 0 Å². The quantitative estimate of drug-likeness (QED) is 0.729. The van der Waals surface area contributed by atoms with E-state index in [9.17, 15) is 4.79 Å². The molecule has 1 fully saturated rings. The van der Waals surface area contributed by atoms with Gasteiger partial charge < -0.3 is 14.8 Å². The maximum atomic E-state index is 12.6. The van der Waals surface area contributed by atoms with Gasteiger partial charge in [-0.3, -0.25) is 9.69 Å². The van der Waals surface area contributed by atoms with Crippen molar-refractivity contribution in [2.75, 3.05) is 40.0 Å². The molecular formula is C24H30N2O3. The predicted molar refractivity (Wildman–Crippen MR) is 116 cm³/mol. The molecule has 154 valence electrons. The molecule has 1 saturated heterocycles. The van der Waals surface area contributed by atoms with Crippen molar-refractivity contribution in [1.29, 1.82) is 0 Å². The number of allylic oxidation sites excluding steroid dienone is 1. The second-order valence-electron chi connectivity index (χ2n) is 7.38. The van der Waals surface area contributed by atoms with Gasteiger partial charge in [-0.1, -0.05) is 42.0 Å². The number of nitrogens with one attached hydrogen (secondary N) is 1. The number of rotatable bonds is 7. The van der Waals surface area contributed by atoms with Gasteiger partial charge in [-0.15, -0.1) is 0 Å². The van der Waals surface area contributed by atoms with E-state index >= 15 is 0 Å². The molecule has 29 heavy (non-hydrogen) atoms. The van der Waals surface area contributed by atoms with Gasteiger partial charge in [0, 0.05) is 25.7 Å². The number of aryl methyl sites for hydroxylation is 1. The van der Waals surface area contributed by atoms with Crippen LogP contribution in [0.15, 0.2) is 54.6 Å². The third kappa shape index (κ3) is 5.92. The first-order valence-corrected chi connectivity index (χ1v) is 10.1. The number of ether oxygens (including phenoxy) is 2. The average Bonchev–Trinajstić information content (AvgIpc) is 2.76. The van der Waals surface area contributed by atoms with Crippen LogP contribution in [-0.2, 0) is 9.53 Å². The fourth-order valence-electron chi connectivity index (χ4n) is 3.52. The van der Waals surface area contributed by atoms with Crippen LogP contribution in [0.25, 0.3) is 5.57 Å². The van der Waals surface area contributed by atoms with Gasteiger partial charge in [-0.25, -0.2) is 0 Å². The normalized spacial score (nSPS) is 16.3. The van der Waals surface area contributed by atoms with Crippen molar-refractivity contribution in [1.82, 2.24) is 10.2 Å². The smallest absolute Gasteiger partial charge is 0.244 e. The molecule has 0 saturated carbocycles. The summed E-state index contributed by atoms with van der Waals surface area (Å²) >= 11 is 0. The lowest BCUT2D eigenvalue weighted by molar-refractivity contribution is -0.116. The van der Waals surface area contributed by atoms with Crippen molar-refractivity contribution in [3.63, 3.8) is 0 Å². The van der Waals surface area contributed by atoms with Crippen LogP contribution >= 0.6 is 0 Å². The molecule has 0 bridgehead atoms. The third-order valence-electron chi connectivity index (χ3n) is 5.31. The summed E-state index contributed by atoms with van der Waals surface area (Å²) in [5.74, 6) is 0.723. The highest BCUT2D eigenvalue weighted by Crippen LogP contribution is 2.22. The Labute approximate surface area is 173 Å². The minimum absolute atomic E-state index is 0.0799. The van der Waals surface area contributed by atoms with Crippen LogP contribution in [-0.4, -0.2) is 50.8 Å². The van der Waals surface area contributed by atoms with E-state index in [-0.39, 0.29) is 11.9 Å². The minimum atomic E-state index is -0.0799. The summed E-state index contributed by atoms with van der Waals surface area (Å²) in [5.41, 5.74) is 4.37. The highest BCUT2D eigenvalue weighted by Gasteiger charge is 2.23. The molecule has 0 radical (unpaired) electrons. The first kappa shape index (κ1) is 21.1. The maximum Gasteiger partial charge on any atom is 0.244 e. The molecule has 1 amide bonds. The van der Waals surface area contributed by atoms with Crippen molar-refractivity contribution in [2.24, 2.45) is 0 Å². The van der Waals surface area contributed by atoms with Gasteiger partial charge in [0.05, 0.1) is 26.4 Å². The first-order chi connectivity index (χ1) is 14.1. The zero-order valence-corrected chi connectivity index (χ0v) is 17.5. The number of methoxy groups -OCH3 is 1. The van der Waals surface area contributed by atoms with Gasteiger partial charge in [-0.2, -0.15) is 0 Å². The molecule has 5 heteroatoms. The molecule has 3 rings (SSSR count). The number of benzene rings is 2. The molecule has 5 nitrogen and oxygen atoms in total. The van der Waals surface area contributed by atoms with Crippen LogP contribution in [0, 0.1) is 6.92 Å². The molecule has 2 aromatic rings. The van der Waals surface area contributed by atoms with Crippen molar-refractivity contribution in [3.05, 3.63) is 71.3 Å². The second-order valence-corrected chi connectivity index (χ2v) is 7.38. The third-order valence-corrected chi connectivity index (χ3v) is 5.31. The number of amides is 1. The van der Waals surface area contributed by atoms with Crippen molar-refractivity contribution < 1.29 is 14.3 Å². The molecular weight excluding hydrogens is 364 g/mol. The summed E-state index contributed by atoms with van der Waals surface area (Å²) in [5, 5.41) is 3.09. The highest BCUT2D eigenvalue weighted by molar-refractivity contribution is 5.94. The van der Waals surface area contributed by atoms with Gasteiger partial charge >= 0.3 is 0 Å². The Morgan fingerprint density at radius 3 is 2.41 bits per heavy atom. The van der Waals surface area contributed by atoms with E-state index < -0.39 is 0 Å². The molecule has 1 atom stereocenters. The molecule has 1 unspecified atom stereocenters. The van der Waals surface area contributed by atoms with Gasteiger partial charge in [-0.05, 0) is 42.7 Å². The Kier molecular flexibility index (Phi) is 7.44. The number of morpholine rings is 1. The van der Waals surface area contributed by atoms with E-state index in [2.05, 4.69) is 41.4 Å². The van der Waals surface area contributed by atoms with Crippen molar-refractivity contribution in [2.45, 2.75) is 19.9 Å². The zero-order valence-electron chi connectivity index (χ0n) is 17.5. The van der Waals surface area contributed by atoms with Crippen molar-refractivity contribution >= 4 is 11.5 Å². The molecule has 0 aromatic heterocycles. The summed E-state index contributed by atoms with van der Waals surface area (Å²) in [7, 11) is 1.64. The van der Waals surface area contributed by atoms with E-state index in [0.29, 0.717) is 6.54 Å². The molecule has 1 aliphatic heterocycles. The Morgan fingerprint density at radius 1 is 1.14 bits per heavy atom. The Bertz CT molecular complexity index is 822. The number of carbonyl (C=O) groups is 1. The summed E-state index contributed by atoms with van der Waals surface area (Å²) in [4.78, 5) is 15.0. The molecule has 1 aliphatic rings. The van der Waals surface area contributed by atoms with Crippen LogP contribution in [0.3, 0.4) is 0 Å². The molecule has 1 N–H and O–H groups in total. The van der Waals surface area contributed by atoms with Crippen LogP contribution in [0.4, 0.5) is 0 Å². The van der Waals surface area contributed by atoms with Gasteiger partial charge in [0.2, 0.25) is 5.91 Å². The number of hydrogen-bond donors (Lipinski definition) is 1. The standard InChI is InChI=1S/C24H30N2O3/c1-18-4-6-21(7-5-18)23(26-12-14-29-15-13-26)17-25-24(27)16-19(2)20-8-10-22(28-3)11-9-20/h4-11,16,23H,12-15,17H2,1-3H3,(H,25,27)/b19-16+. The predicted octanol–water partition coefficient (Wildman–Crippen LogP) is 3.60. The molecule has 2 aromatic carbocycles. The lowest BCUT2D eigenvalue weighted by Crippen LogP contribution is -2.43. The fraction of sp³-hybridized carbons (Fsp3) is 0.375. The van der Waals surface area contributed by atoms with E-state index in [0.717, 1.165) is 43.2 Å². The largest absolute Gasteiger partial charge is 0.497 e. The number of hydrogen-bond acceptors (Lipinski definition) is 4. The number of nitrogens with zero attached hydrogens (tertiary/aromatic N) is 1. The van der Waals surface area contributed by atoms with Crippen LogP contribution in [0.1, 0.15) is 29.7 Å². The first-order valence-electron chi connectivity index (χ1n) is 10.1. The van der Waals surface area contributed by atoms with Gasteiger partial charge in [0.1, 0.15) is 5.75 Å². The Balaban J connectivity index is 1.67. The summed E-state index contributed by atoms with van der Waals surface area (Å²) in [6.45, 7) is 7.79. The monoisotopic (exact) mass is 394 g/mol. The Hall–Kier alpha value is -2.63. The second kappa shape index (κ2) is 10.2. The van der Waals surface area contributed by atoms with Crippen molar-refractivity contribution in [3.8, 4) is 5.75 Å². The van der Waals surface area contributed by atoms with Gasteiger partial charge in [0.15, 0.2) is 0 Å². The summed E-state index contributed by atoms with van der Waals surface area (Å²) in [6.07, 6.45) is 1.66. The van der Waals surface area contributed by atoms with Crippen LogP contribution < -0.4 is 10.1 Å². The highest BCUT2D eigenvalue weighted by atomic mass is 16.5. The zero-order chi connectivity index (χ0) is 20.6. The minimum Gasteiger partial charge on any atom is -0.497 e. The van der Waals surface area contributed by atoms with E-state index in [4.69, 9.17) is 9.47 Å². The fourth-order valence-corrected chi connectivity index (χ4v) is 3.52. The number of carbonyl (C=O) groups excluding carboxylic acids is 1. The average molecular weight is 395 g/mol. The van der Waals surface area contributed by atoms with E-state index in [1.165, 1.54) is 11.1 Å². The van der Waals surface area contributed by atoms with Crippen LogP contribution in [0.2, 0.25) is 0 Å². The lowest BCUT2D eigenvalue weighted by atomic mass is 10.0. The SMILES string of the molecule is COc1ccc(/C(C)=C/C(=O)NCC(c2ccc(C)cc2)N2CCOCC2)cc1. The summed E-state index contributed by atoms with van der Waals surface area (Å²) < 4.78 is 10.7. The Morgan fingerprint density at radius 2 is 1.79 bits per heavy atom. The molecule has 0 aliphatic carbocycles. The lowest BCUT2D eigenvalue weighted by Gasteiger charge is -2.35. The topological polar surface area (TPSA) is 50.8 Å². The van der Waals surface area contributed by atoms with Crippen LogP contribution in [0.5, 0.6) is 5.75 Å². The molecule has 0 spiro atoms. The molecule has 1 heterocycles. The van der Waals surface area contributed by atoms with E-state index in [1.54, 1.807) is 13.2 Å².